The third kappa shape index (κ3) is 4.24. The molecule has 6 nitrogen and oxygen atoms in total. The van der Waals surface area contributed by atoms with Gasteiger partial charge in [-0.2, -0.15) is 0 Å². The number of piperazine rings is 1. The van der Waals surface area contributed by atoms with E-state index in [1.54, 1.807) is 17.3 Å². The number of halogens is 1. The summed E-state index contributed by atoms with van der Waals surface area (Å²) in [5, 5.41) is 9.41. The van der Waals surface area contributed by atoms with E-state index in [1.165, 1.54) is 24.3 Å². The van der Waals surface area contributed by atoms with Crippen molar-refractivity contribution >= 4 is 11.6 Å². The second-order valence-electron chi connectivity index (χ2n) is 5.77. The van der Waals surface area contributed by atoms with Gasteiger partial charge in [0, 0.05) is 49.8 Å². The number of benzene rings is 1. The van der Waals surface area contributed by atoms with Gasteiger partial charge in [-0.1, -0.05) is 0 Å². The molecule has 2 heterocycles. The minimum atomic E-state index is -0.340. The molecule has 0 atom stereocenters. The fourth-order valence-electron chi connectivity index (χ4n) is 2.81. The zero-order chi connectivity index (χ0) is 17.6. The lowest BCUT2D eigenvalue weighted by molar-refractivity contribution is -0.133. The zero-order valence-corrected chi connectivity index (χ0v) is 13.8. The second kappa shape index (κ2) is 7.94. The summed E-state index contributed by atoms with van der Waals surface area (Å²) in [5.41, 5.74) is 1.73. The number of aromatic nitrogens is 1. The van der Waals surface area contributed by atoms with Crippen LogP contribution in [0.15, 0.2) is 42.7 Å². The maximum Gasteiger partial charge on any atom is 0.260 e. The molecule has 7 heteroatoms. The van der Waals surface area contributed by atoms with Crippen LogP contribution in [-0.4, -0.2) is 53.7 Å². The van der Waals surface area contributed by atoms with Crippen molar-refractivity contribution in [3.8, 4) is 5.75 Å². The van der Waals surface area contributed by atoms with Crippen LogP contribution in [0.25, 0.3) is 0 Å². The van der Waals surface area contributed by atoms with Gasteiger partial charge >= 0.3 is 0 Å². The Bertz CT molecular complexity index is 716. The van der Waals surface area contributed by atoms with Gasteiger partial charge in [0.15, 0.2) is 6.61 Å². The average Bonchev–Trinajstić information content (AvgIpc) is 2.67. The predicted molar refractivity (Wildman–Crippen MR) is 90.8 cm³/mol. The van der Waals surface area contributed by atoms with Crippen molar-refractivity contribution in [2.24, 2.45) is 0 Å². The highest BCUT2D eigenvalue weighted by molar-refractivity contribution is 5.78. The highest BCUT2D eigenvalue weighted by Gasteiger charge is 2.22. The molecule has 1 saturated heterocycles. The van der Waals surface area contributed by atoms with Gasteiger partial charge in [0.1, 0.15) is 11.6 Å². The van der Waals surface area contributed by atoms with Crippen LogP contribution >= 0.6 is 0 Å². The molecule has 0 unspecified atom stereocenters. The summed E-state index contributed by atoms with van der Waals surface area (Å²) >= 11 is 0. The number of hydrogen-bond acceptors (Lipinski definition) is 5. The number of rotatable bonds is 5. The van der Waals surface area contributed by atoms with E-state index in [4.69, 9.17) is 4.74 Å². The van der Waals surface area contributed by atoms with E-state index in [-0.39, 0.29) is 24.9 Å². The molecule has 1 aromatic heterocycles. The summed E-state index contributed by atoms with van der Waals surface area (Å²) in [6, 6.07) is 7.47. The van der Waals surface area contributed by atoms with Gasteiger partial charge < -0.3 is 19.6 Å². The Morgan fingerprint density at radius 2 is 1.88 bits per heavy atom. The van der Waals surface area contributed by atoms with E-state index in [9.17, 15) is 14.3 Å². The minimum Gasteiger partial charge on any atom is -0.484 e. The Hall–Kier alpha value is -2.67. The molecule has 25 heavy (non-hydrogen) atoms. The molecule has 0 spiro atoms. The van der Waals surface area contributed by atoms with E-state index < -0.39 is 0 Å². The quantitative estimate of drug-likeness (QED) is 0.888. The molecular weight excluding hydrogens is 325 g/mol. The molecule has 0 aliphatic carbocycles. The number of hydrogen-bond donors (Lipinski definition) is 1. The molecule has 1 amide bonds. The molecule has 1 aromatic carbocycles. The fraction of sp³-hybridized carbons (Fsp3) is 0.333. The van der Waals surface area contributed by atoms with Crippen molar-refractivity contribution in [1.29, 1.82) is 0 Å². The van der Waals surface area contributed by atoms with Gasteiger partial charge in [0.2, 0.25) is 0 Å². The lowest BCUT2D eigenvalue weighted by Gasteiger charge is -2.36. The minimum absolute atomic E-state index is 0.0617. The summed E-state index contributed by atoms with van der Waals surface area (Å²) in [4.78, 5) is 20.2. The van der Waals surface area contributed by atoms with Crippen molar-refractivity contribution in [2.75, 3.05) is 37.7 Å². The number of carbonyl (C=O) groups excluding carboxylic acids is 1. The lowest BCUT2D eigenvalue weighted by Crippen LogP contribution is -2.50. The Morgan fingerprint density at radius 1 is 1.16 bits per heavy atom. The molecule has 1 fully saturated rings. The van der Waals surface area contributed by atoms with Gasteiger partial charge in [0.25, 0.3) is 5.91 Å². The Balaban J connectivity index is 1.51. The fourth-order valence-corrected chi connectivity index (χ4v) is 2.81. The molecule has 0 radical (unpaired) electrons. The van der Waals surface area contributed by atoms with Gasteiger partial charge in [-0.3, -0.25) is 9.78 Å². The van der Waals surface area contributed by atoms with Crippen LogP contribution in [0.3, 0.4) is 0 Å². The first-order valence-electron chi connectivity index (χ1n) is 8.12. The van der Waals surface area contributed by atoms with Crippen LogP contribution in [0.4, 0.5) is 10.1 Å². The smallest absolute Gasteiger partial charge is 0.260 e. The average molecular weight is 345 g/mol. The maximum atomic E-state index is 12.9. The van der Waals surface area contributed by atoms with Gasteiger partial charge in [-0.25, -0.2) is 4.39 Å². The summed E-state index contributed by atoms with van der Waals surface area (Å²) in [5.74, 6) is 0.0343. The Labute approximate surface area is 145 Å². The molecule has 0 bridgehead atoms. The molecule has 2 aromatic rings. The van der Waals surface area contributed by atoms with Crippen LogP contribution in [-0.2, 0) is 11.4 Å². The predicted octanol–water partition coefficient (Wildman–Crippen LogP) is 1.44. The SMILES string of the molecule is O=C(COc1ccc(F)cc1)N1CCN(c2ccncc2CO)CC1. The van der Waals surface area contributed by atoms with Crippen molar-refractivity contribution in [3.63, 3.8) is 0 Å². The number of aliphatic hydroxyl groups is 1. The summed E-state index contributed by atoms with van der Waals surface area (Å²) in [6.07, 6.45) is 3.35. The first-order valence-corrected chi connectivity index (χ1v) is 8.12. The number of carbonyl (C=O) groups is 1. The third-order valence-corrected chi connectivity index (χ3v) is 4.20. The molecule has 1 aliphatic rings. The molecule has 0 saturated carbocycles. The number of anilines is 1. The largest absolute Gasteiger partial charge is 0.484 e. The topological polar surface area (TPSA) is 65.9 Å². The van der Waals surface area contributed by atoms with Gasteiger partial charge in [-0.15, -0.1) is 0 Å². The van der Waals surface area contributed by atoms with E-state index >= 15 is 0 Å². The van der Waals surface area contributed by atoms with E-state index in [0.29, 0.717) is 31.9 Å². The maximum absolute atomic E-state index is 12.9. The number of aliphatic hydroxyl groups excluding tert-OH is 1. The normalized spacial score (nSPS) is 14.5. The highest BCUT2D eigenvalue weighted by Crippen LogP contribution is 2.21. The first kappa shape index (κ1) is 17.2. The summed E-state index contributed by atoms with van der Waals surface area (Å²) < 4.78 is 18.3. The Kier molecular flexibility index (Phi) is 5.45. The highest BCUT2D eigenvalue weighted by atomic mass is 19.1. The summed E-state index contributed by atoms with van der Waals surface area (Å²) in [6.45, 7) is 2.40. The molecule has 1 aliphatic heterocycles. The number of pyridine rings is 1. The molecule has 132 valence electrons. The van der Waals surface area contributed by atoms with E-state index in [0.717, 1.165) is 11.3 Å². The first-order chi connectivity index (χ1) is 12.2. The number of nitrogens with zero attached hydrogens (tertiary/aromatic N) is 3. The monoisotopic (exact) mass is 345 g/mol. The van der Waals surface area contributed by atoms with Crippen molar-refractivity contribution in [3.05, 3.63) is 54.1 Å². The standard InChI is InChI=1S/C18H20FN3O3/c19-15-1-3-16(4-2-15)25-13-18(24)22-9-7-21(8-10-22)17-5-6-20-11-14(17)12-23/h1-6,11,23H,7-10,12-13H2. The lowest BCUT2D eigenvalue weighted by atomic mass is 10.2. The zero-order valence-electron chi connectivity index (χ0n) is 13.8. The molecule has 1 N–H and O–H groups in total. The number of amides is 1. The second-order valence-corrected chi connectivity index (χ2v) is 5.77. The van der Waals surface area contributed by atoms with Crippen LogP contribution in [0.5, 0.6) is 5.75 Å². The van der Waals surface area contributed by atoms with E-state index in [2.05, 4.69) is 9.88 Å². The van der Waals surface area contributed by atoms with Crippen LogP contribution in [0, 0.1) is 5.82 Å². The number of ether oxygens (including phenoxy) is 1. The Morgan fingerprint density at radius 3 is 2.56 bits per heavy atom. The van der Waals surface area contributed by atoms with Gasteiger partial charge in [-0.05, 0) is 30.3 Å². The summed E-state index contributed by atoms with van der Waals surface area (Å²) in [7, 11) is 0. The van der Waals surface area contributed by atoms with Crippen LogP contribution < -0.4 is 9.64 Å². The molecule has 3 rings (SSSR count). The van der Waals surface area contributed by atoms with Crippen LogP contribution in [0.1, 0.15) is 5.56 Å². The van der Waals surface area contributed by atoms with Crippen molar-refractivity contribution in [1.82, 2.24) is 9.88 Å². The van der Waals surface area contributed by atoms with Crippen molar-refractivity contribution < 1.29 is 19.0 Å². The van der Waals surface area contributed by atoms with Crippen molar-refractivity contribution in [2.45, 2.75) is 6.61 Å². The van der Waals surface area contributed by atoms with Gasteiger partial charge in [0.05, 0.1) is 6.61 Å². The molecular formula is C18H20FN3O3. The van der Waals surface area contributed by atoms with E-state index in [1.807, 2.05) is 6.07 Å². The third-order valence-electron chi connectivity index (χ3n) is 4.20. The van der Waals surface area contributed by atoms with Crippen LogP contribution in [0.2, 0.25) is 0 Å².